The highest BCUT2D eigenvalue weighted by atomic mass is 35.5. The normalized spacial score (nSPS) is 16.0. The minimum atomic E-state index is 0.515. The van der Waals surface area contributed by atoms with E-state index in [9.17, 15) is 0 Å². The van der Waals surface area contributed by atoms with Gasteiger partial charge in [0.05, 0.1) is 10.7 Å². The molecular formula is C23H33ClN4. The zero-order chi connectivity index (χ0) is 19.8. The Balaban J connectivity index is 1.72. The van der Waals surface area contributed by atoms with Gasteiger partial charge in [-0.3, -0.25) is 0 Å². The lowest BCUT2D eigenvalue weighted by molar-refractivity contribution is 0.462. The molecule has 2 heterocycles. The maximum Gasteiger partial charge on any atom is 0.126 e. The zero-order valence-electron chi connectivity index (χ0n) is 17.2. The van der Waals surface area contributed by atoms with Crippen LogP contribution in [0.25, 0.3) is 11.3 Å². The van der Waals surface area contributed by atoms with Gasteiger partial charge in [0.2, 0.25) is 0 Å². The summed E-state index contributed by atoms with van der Waals surface area (Å²) in [6.07, 6.45) is 11.8. The Morgan fingerprint density at radius 1 is 1.14 bits per heavy atom. The van der Waals surface area contributed by atoms with Crippen molar-refractivity contribution < 1.29 is 0 Å². The van der Waals surface area contributed by atoms with Crippen molar-refractivity contribution in [2.75, 3.05) is 17.2 Å². The Kier molecular flexibility index (Phi) is 7.96. The van der Waals surface area contributed by atoms with Gasteiger partial charge in [-0.2, -0.15) is 0 Å². The summed E-state index contributed by atoms with van der Waals surface area (Å²) in [5.41, 5.74) is 1.81. The summed E-state index contributed by atoms with van der Waals surface area (Å²) in [5.74, 6) is 2.48. The number of halogens is 1. The summed E-state index contributed by atoms with van der Waals surface area (Å²) in [6, 6.07) is 8.63. The molecule has 0 aromatic carbocycles. The number of anilines is 2. The predicted octanol–water partition coefficient (Wildman–Crippen LogP) is 6.78. The van der Waals surface area contributed by atoms with E-state index in [0.29, 0.717) is 17.0 Å². The van der Waals surface area contributed by atoms with Crippen molar-refractivity contribution in [3.8, 4) is 11.3 Å². The second-order valence-corrected chi connectivity index (χ2v) is 8.29. The van der Waals surface area contributed by atoms with Gasteiger partial charge in [0.15, 0.2) is 0 Å². The second-order valence-electron chi connectivity index (χ2n) is 7.88. The van der Waals surface area contributed by atoms with Crippen LogP contribution in [0.5, 0.6) is 0 Å². The molecule has 2 aromatic heterocycles. The van der Waals surface area contributed by atoms with Crippen molar-refractivity contribution >= 4 is 23.2 Å². The summed E-state index contributed by atoms with van der Waals surface area (Å²) < 4.78 is 0. The maximum atomic E-state index is 6.47. The molecule has 0 bridgehead atoms. The van der Waals surface area contributed by atoms with Crippen LogP contribution in [0.15, 0.2) is 30.5 Å². The second kappa shape index (κ2) is 10.7. The number of hydrogen-bond acceptors (Lipinski definition) is 4. The number of nitrogens with one attached hydrogen (secondary N) is 2. The topological polar surface area (TPSA) is 49.8 Å². The molecule has 1 aliphatic rings. The van der Waals surface area contributed by atoms with Crippen molar-refractivity contribution in [1.29, 1.82) is 0 Å². The molecular weight excluding hydrogens is 368 g/mol. The molecule has 2 N–H and O–H groups in total. The van der Waals surface area contributed by atoms with Crippen LogP contribution in [0.3, 0.4) is 0 Å². The molecule has 5 heteroatoms. The molecule has 28 heavy (non-hydrogen) atoms. The van der Waals surface area contributed by atoms with Gasteiger partial charge < -0.3 is 10.6 Å². The Hall–Kier alpha value is -1.81. The fraction of sp³-hybridized carbons (Fsp3) is 0.565. The molecule has 1 unspecified atom stereocenters. The standard InChI is InChI=1S/C23H33ClN4/c1-3-9-17(4-2)15-25-22-13-8-12-21(28-22)19-14-23(26-16-20(19)24)27-18-10-6-5-7-11-18/h8,12-14,16-18H,3-7,9-11,15H2,1-2H3,(H,25,28)(H,26,27). The van der Waals surface area contributed by atoms with Crippen LogP contribution in [0.4, 0.5) is 11.6 Å². The van der Waals surface area contributed by atoms with Crippen molar-refractivity contribution in [1.82, 2.24) is 9.97 Å². The van der Waals surface area contributed by atoms with Crippen molar-refractivity contribution in [2.24, 2.45) is 5.92 Å². The van der Waals surface area contributed by atoms with E-state index < -0.39 is 0 Å². The zero-order valence-corrected chi connectivity index (χ0v) is 17.9. The summed E-state index contributed by atoms with van der Waals surface area (Å²) in [7, 11) is 0. The van der Waals surface area contributed by atoms with E-state index in [1.807, 2.05) is 24.3 Å². The number of nitrogens with zero attached hydrogens (tertiary/aromatic N) is 2. The van der Waals surface area contributed by atoms with E-state index in [1.165, 1.54) is 51.4 Å². The van der Waals surface area contributed by atoms with Crippen LogP contribution in [0.1, 0.15) is 65.2 Å². The van der Waals surface area contributed by atoms with Crippen LogP contribution in [-0.2, 0) is 0 Å². The number of aromatic nitrogens is 2. The van der Waals surface area contributed by atoms with E-state index in [1.54, 1.807) is 6.20 Å². The minimum Gasteiger partial charge on any atom is -0.370 e. The lowest BCUT2D eigenvalue weighted by Gasteiger charge is -2.23. The third-order valence-electron chi connectivity index (χ3n) is 5.68. The quantitative estimate of drug-likeness (QED) is 0.487. The van der Waals surface area contributed by atoms with Gasteiger partial charge in [0.25, 0.3) is 0 Å². The number of hydrogen-bond donors (Lipinski definition) is 2. The van der Waals surface area contributed by atoms with Gasteiger partial charge in [-0.1, -0.05) is 63.6 Å². The molecule has 2 aromatic rings. The molecule has 4 nitrogen and oxygen atoms in total. The van der Waals surface area contributed by atoms with Crippen LogP contribution < -0.4 is 10.6 Å². The molecule has 0 saturated heterocycles. The van der Waals surface area contributed by atoms with Gasteiger partial charge in [-0.15, -0.1) is 0 Å². The highest BCUT2D eigenvalue weighted by Gasteiger charge is 2.15. The van der Waals surface area contributed by atoms with Crippen molar-refractivity contribution in [2.45, 2.75) is 71.3 Å². The van der Waals surface area contributed by atoms with Crippen LogP contribution >= 0.6 is 11.6 Å². The van der Waals surface area contributed by atoms with E-state index in [2.05, 4.69) is 29.5 Å². The van der Waals surface area contributed by atoms with Gasteiger partial charge in [-0.05, 0) is 43.4 Å². The average molecular weight is 401 g/mol. The smallest absolute Gasteiger partial charge is 0.126 e. The SMILES string of the molecule is CCCC(CC)CNc1cccc(-c2cc(NC3CCCCC3)ncc2Cl)n1. The van der Waals surface area contributed by atoms with Crippen LogP contribution in [0, 0.1) is 5.92 Å². The summed E-state index contributed by atoms with van der Waals surface area (Å²) in [4.78, 5) is 9.29. The first kappa shape index (κ1) is 20.9. The molecule has 1 atom stereocenters. The van der Waals surface area contributed by atoms with Gasteiger partial charge >= 0.3 is 0 Å². The van der Waals surface area contributed by atoms with E-state index in [0.717, 1.165) is 29.4 Å². The first-order chi connectivity index (χ1) is 13.7. The van der Waals surface area contributed by atoms with Crippen molar-refractivity contribution in [3.63, 3.8) is 0 Å². The third-order valence-corrected chi connectivity index (χ3v) is 5.98. The molecule has 1 saturated carbocycles. The first-order valence-corrected chi connectivity index (χ1v) is 11.2. The van der Waals surface area contributed by atoms with Crippen molar-refractivity contribution in [3.05, 3.63) is 35.5 Å². The predicted molar refractivity (Wildman–Crippen MR) is 120 cm³/mol. The summed E-state index contributed by atoms with van der Waals surface area (Å²) in [6.45, 7) is 5.45. The maximum absolute atomic E-state index is 6.47. The molecule has 0 aliphatic heterocycles. The van der Waals surface area contributed by atoms with E-state index in [4.69, 9.17) is 16.6 Å². The molecule has 1 fully saturated rings. The lowest BCUT2D eigenvalue weighted by atomic mass is 9.95. The molecule has 0 amide bonds. The van der Waals surface area contributed by atoms with Crippen LogP contribution in [-0.4, -0.2) is 22.6 Å². The van der Waals surface area contributed by atoms with Gasteiger partial charge in [0.1, 0.15) is 11.6 Å². The van der Waals surface area contributed by atoms with Gasteiger partial charge in [-0.25, -0.2) is 9.97 Å². The number of pyridine rings is 2. The van der Waals surface area contributed by atoms with Crippen LogP contribution in [0.2, 0.25) is 5.02 Å². The Morgan fingerprint density at radius 3 is 2.71 bits per heavy atom. The lowest BCUT2D eigenvalue weighted by Crippen LogP contribution is -2.22. The van der Waals surface area contributed by atoms with Gasteiger partial charge in [0, 0.05) is 24.3 Å². The largest absolute Gasteiger partial charge is 0.370 e. The third kappa shape index (κ3) is 5.84. The fourth-order valence-electron chi connectivity index (χ4n) is 3.96. The fourth-order valence-corrected chi connectivity index (χ4v) is 4.16. The average Bonchev–Trinajstić information content (AvgIpc) is 2.73. The Labute approximate surface area is 174 Å². The molecule has 1 aliphatic carbocycles. The molecule has 0 radical (unpaired) electrons. The highest BCUT2D eigenvalue weighted by molar-refractivity contribution is 6.33. The number of rotatable bonds is 9. The monoisotopic (exact) mass is 400 g/mol. The molecule has 0 spiro atoms. The summed E-state index contributed by atoms with van der Waals surface area (Å²) >= 11 is 6.47. The highest BCUT2D eigenvalue weighted by Crippen LogP contribution is 2.30. The minimum absolute atomic E-state index is 0.515. The van der Waals surface area contributed by atoms with E-state index >= 15 is 0 Å². The summed E-state index contributed by atoms with van der Waals surface area (Å²) in [5, 5.41) is 7.72. The Bertz CT molecular complexity index is 743. The molecule has 152 valence electrons. The van der Waals surface area contributed by atoms with E-state index in [-0.39, 0.29) is 0 Å². The first-order valence-electron chi connectivity index (χ1n) is 10.8. The Morgan fingerprint density at radius 2 is 1.96 bits per heavy atom. The molecule has 3 rings (SSSR count).